The Bertz CT molecular complexity index is 1010. The van der Waals surface area contributed by atoms with Crippen LogP contribution in [0.3, 0.4) is 0 Å². The Balaban J connectivity index is 1.10. The monoisotopic (exact) mass is 494 g/mol. The van der Waals surface area contributed by atoms with Gasteiger partial charge in [-0.1, -0.05) is 12.5 Å². The highest BCUT2D eigenvalue weighted by molar-refractivity contribution is 5.74. The first-order valence-corrected chi connectivity index (χ1v) is 14.2. The van der Waals surface area contributed by atoms with Gasteiger partial charge < -0.3 is 14.6 Å². The minimum absolute atomic E-state index is 0.110. The molecule has 0 amide bonds. The van der Waals surface area contributed by atoms with Crippen molar-refractivity contribution in [3.8, 4) is 5.75 Å². The highest BCUT2D eigenvalue weighted by Gasteiger charge is 2.49. The second kappa shape index (κ2) is 9.36. The largest absolute Gasteiger partial charge is 0.494 e. The average molecular weight is 495 g/mol. The van der Waals surface area contributed by atoms with Crippen LogP contribution in [-0.2, 0) is 16.1 Å². The lowest BCUT2D eigenvalue weighted by Crippen LogP contribution is -2.65. The summed E-state index contributed by atoms with van der Waals surface area (Å²) in [7, 11) is 0. The van der Waals surface area contributed by atoms with Crippen molar-refractivity contribution in [2.75, 3.05) is 32.8 Å². The molecule has 2 aliphatic carbocycles. The van der Waals surface area contributed by atoms with Crippen LogP contribution in [0.15, 0.2) is 24.5 Å². The summed E-state index contributed by atoms with van der Waals surface area (Å²) in [5, 5.41) is 9.56. The highest BCUT2D eigenvalue weighted by atomic mass is 16.5. The van der Waals surface area contributed by atoms with Crippen molar-refractivity contribution in [2.24, 2.45) is 5.41 Å². The van der Waals surface area contributed by atoms with Gasteiger partial charge in [0.15, 0.2) is 0 Å². The van der Waals surface area contributed by atoms with E-state index in [4.69, 9.17) is 9.47 Å². The molecular formula is C30H42N2O4. The molecule has 1 spiro atoms. The number of hydrogen-bond donors (Lipinski definition) is 1. The predicted molar refractivity (Wildman–Crippen MR) is 139 cm³/mol. The van der Waals surface area contributed by atoms with Gasteiger partial charge in [0.25, 0.3) is 0 Å². The Morgan fingerprint density at radius 2 is 1.89 bits per heavy atom. The van der Waals surface area contributed by atoms with Gasteiger partial charge in [0.1, 0.15) is 11.4 Å². The number of benzene rings is 1. The molecule has 0 radical (unpaired) electrons. The van der Waals surface area contributed by atoms with E-state index in [1.807, 2.05) is 13.2 Å². The molecule has 3 heterocycles. The topological polar surface area (TPSA) is 62.2 Å². The quantitative estimate of drug-likeness (QED) is 0.531. The molecule has 1 aromatic carbocycles. The summed E-state index contributed by atoms with van der Waals surface area (Å²) in [6, 6.07) is 5.16. The summed E-state index contributed by atoms with van der Waals surface area (Å²) in [5.41, 5.74) is 3.79. The van der Waals surface area contributed by atoms with Crippen molar-refractivity contribution < 1.29 is 19.4 Å². The van der Waals surface area contributed by atoms with Gasteiger partial charge in [-0.3, -0.25) is 14.6 Å². The molecule has 1 unspecified atom stereocenters. The lowest BCUT2D eigenvalue weighted by atomic mass is 9.76. The van der Waals surface area contributed by atoms with Crippen LogP contribution < -0.4 is 4.74 Å². The molecule has 0 bridgehead atoms. The zero-order chi connectivity index (χ0) is 24.9. The molecular weight excluding hydrogens is 452 g/mol. The van der Waals surface area contributed by atoms with Crippen LogP contribution in [0, 0.1) is 5.41 Å². The summed E-state index contributed by atoms with van der Waals surface area (Å²) in [6.07, 6.45) is 13.1. The van der Waals surface area contributed by atoms with E-state index in [1.54, 1.807) is 5.56 Å². The normalized spacial score (nSPS) is 27.8. The van der Waals surface area contributed by atoms with Crippen LogP contribution in [0.2, 0.25) is 0 Å². The summed E-state index contributed by atoms with van der Waals surface area (Å²) < 4.78 is 12.4. The third kappa shape index (κ3) is 4.56. The molecule has 1 aromatic rings. The van der Waals surface area contributed by atoms with Crippen molar-refractivity contribution in [2.45, 2.75) is 95.2 Å². The number of nitrogens with zero attached hydrogens (tertiary/aromatic N) is 2. The van der Waals surface area contributed by atoms with Crippen LogP contribution in [0.1, 0.15) is 93.7 Å². The summed E-state index contributed by atoms with van der Waals surface area (Å²) >= 11 is 0. The van der Waals surface area contributed by atoms with E-state index in [0.29, 0.717) is 12.0 Å². The van der Waals surface area contributed by atoms with E-state index in [9.17, 15) is 9.90 Å². The summed E-state index contributed by atoms with van der Waals surface area (Å²) in [5.74, 6) is 1.93. The van der Waals surface area contributed by atoms with Gasteiger partial charge in [-0.15, -0.1) is 0 Å². The zero-order valence-electron chi connectivity index (χ0n) is 22.0. The first-order chi connectivity index (χ1) is 17.4. The number of ether oxygens (including phenoxy) is 2. The molecule has 2 saturated heterocycles. The van der Waals surface area contributed by atoms with Gasteiger partial charge in [-0.05, 0) is 101 Å². The minimum Gasteiger partial charge on any atom is -0.494 e. The molecule has 4 fully saturated rings. The van der Waals surface area contributed by atoms with Crippen LogP contribution in [0.25, 0.3) is 0 Å². The van der Waals surface area contributed by atoms with Crippen molar-refractivity contribution in [1.82, 2.24) is 9.80 Å². The number of carboxylic acid groups (broad SMARTS) is 1. The first-order valence-electron chi connectivity index (χ1n) is 14.2. The van der Waals surface area contributed by atoms with Gasteiger partial charge in [0, 0.05) is 37.7 Å². The molecule has 6 nitrogen and oxygen atoms in total. The molecule has 3 aliphatic heterocycles. The van der Waals surface area contributed by atoms with Crippen LogP contribution >= 0.6 is 0 Å². The Kier molecular flexibility index (Phi) is 6.32. The van der Waals surface area contributed by atoms with Crippen LogP contribution in [0.4, 0.5) is 0 Å². The second-order valence-corrected chi connectivity index (χ2v) is 12.4. The number of carboxylic acids is 1. The lowest BCUT2D eigenvalue weighted by Gasteiger charge is -2.53. The fourth-order valence-electron chi connectivity index (χ4n) is 6.87. The smallest absolute Gasteiger partial charge is 0.309 e. The fourth-order valence-corrected chi connectivity index (χ4v) is 6.87. The van der Waals surface area contributed by atoms with E-state index < -0.39 is 11.4 Å². The standard InChI is InChI=1S/C30H42N2O4/c1-3-35-26-16-21(15-25(22-7-8-22)27(26)23-5-4-6-23)18-31-19-30(20-31)17-24(9-14-36-30)32-12-10-29(2,11-13-32)28(33)34/h9,14-16,22-24H,3-8,10-13,17-20H2,1-2H3,(H,33,34). The maximum absolute atomic E-state index is 11.6. The van der Waals surface area contributed by atoms with Crippen molar-refractivity contribution in [1.29, 1.82) is 0 Å². The number of piperidine rings is 1. The van der Waals surface area contributed by atoms with Gasteiger partial charge in [-0.25, -0.2) is 0 Å². The Hall–Kier alpha value is -2.05. The van der Waals surface area contributed by atoms with Gasteiger partial charge in [0.2, 0.25) is 0 Å². The van der Waals surface area contributed by atoms with Crippen LogP contribution in [0.5, 0.6) is 5.75 Å². The first kappa shape index (κ1) is 24.3. The predicted octanol–water partition coefficient (Wildman–Crippen LogP) is 5.27. The van der Waals surface area contributed by atoms with E-state index in [-0.39, 0.29) is 5.60 Å². The Morgan fingerprint density at radius 3 is 2.50 bits per heavy atom. The molecule has 5 aliphatic rings. The molecule has 0 aromatic heterocycles. The highest BCUT2D eigenvalue weighted by Crippen LogP contribution is 2.51. The van der Waals surface area contributed by atoms with Gasteiger partial charge in [-0.2, -0.15) is 0 Å². The molecule has 6 rings (SSSR count). The fraction of sp³-hybridized carbons (Fsp3) is 0.700. The van der Waals surface area contributed by atoms with Crippen LogP contribution in [-0.4, -0.2) is 65.3 Å². The minimum atomic E-state index is -0.658. The number of aliphatic carboxylic acids is 1. The molecule has 1 N–H and O–H groups in total. The van der Waals surface area contributed by atoms with Gasteiger partial charge >= 0.3 is 5.97 Å². The number of likely N-dealkylation sites (tertiary alicyclic amines) is 2. The molecule has 36 heavy (non-hydrogen) atoms. The van der Waals surface area contributed by atoms with E-state index in [2.05, 4.69) is 34.9 Å². The van der Waals surface area contributed by atoms with E-state index in [1.165, 1.54) is 43.2 Å². The number of carbonyl (C=O) groups is 1. The summed E-state index contributed by atoms with van der Waals surface area (Å²) in [4.78, 5) is 16.6. The average Bonchev–Trinajstić information content (AvgIpc) is 3.64. The summed E-state index contributed by atoms with van der Waals surface area (Å²) in [6.45, 7) is 9.24. The number of hydrogen-bond acceptors (Lipinski definition) is 5. The molecule has 2 saturated carbocycles. The third-order valence-electron chi connectivity index (χ3n) is 9.58. The second-order valence-electron chi connectivity index (χ2n) is 12.4. The zero-order valence-corrected chi connectivity index (χ0v) is 22.0. The van der Waals surface area contributed by atoms with Crippen molar-refractivity contribution in [3.05, 3.63) is 41.2 Å². The van der Waals surface area contributed by atoms with Gasteiger partial charge in [0.05, 0.1) is 18.3 Å². The van der Waals surface area contributed by atoms with Crippen molar-refractivity contribution in [3.63, 3.8) is 0 Å². The maximum atomic E-state index is 11.6. The van der Waals surface area contributed by atoms with Crippen molar-refractivity contribution >= 4 is 5.97 Å². The maximum Gasteiger partial charge on any atom is 0.309 e. The third-order valence-corrected chi connectivity index (χ3v) is 9.58. The Morgan fingerprint density at radius 1 is 1.14 bits per heavy atom. The lowest BCUT2D eigenvalue weighted by molar-refractivity contribution is -0.152. The Labute approximate surface area is 215 Å². The number of rotatable bonds is 8. The molecule has 1 atom stereocenters. The molecule has 196 valence electrons. The van der Waals surface area contributed by atoms with E-state index in [0.717, 1.165) is 70.3 Å². The SMILES string of the molecule is CCOc1cc(CN2CC3(CC(N4CCC(C)(C(=O)O)CC4)C=CO3)C2)cc(C2CC2)c1C1CCC1. The van der Waals surface area contributed by atoms with E-state index >= 15 is 0 Å². The molecule has 6 heteroatoms.